The highest BCUT2D eigenvalue weighted by Gasteiger charge is 2.27. The van der Waals surface area contributed by atoms with Crippen molar-refractivity contribution in [2.45, 2.75) is 0 Å². The Morgan fingerprint density at radius 1 is 1.31 bits per heavy atom. The van der Waals surface area contributed by atoms with Crippen LogP contribution < -0.4 is 0 Å². The minimum absolute atomic E-state index is 0.0190. The van der Waals surface area contributed by atoms with E-state index >= 15 is 0 Å². The molecule has 0 fully saturated rings. The van der Waals surface area contributed by atoms with Crippen molar-refractivity contribution in [3.05, 3.63) is 35.1 Å². The molecule has 0 atom stereocenters. The number of ketones is 3. The smallest absolute Gasteiger partial charge is 0.207 e. The second-order valence-corrected chi connectivity index (χ2v) is 3.87. The van der Waals surface area contributed by atoms with Gasteiger partial charge in [0.1, 0.15) is 6.61 Å². The normalized spacial score (nSPS) is 19.2. The summed E-state index contributed by atoms with van der Waals surface area (Å²) in [5.74, 6) is -0.637. The van der Waals surface area contributed by atoms with Gasteiger partial charge in [-0.15, -0.1) is 0 Å². The molecule has 0 amide bonds. The summed E-state index contributed by atoms with van der Waals surface area (Å²) in [5, 5.41) is 0.124. The van der Waals surface area contributed by atoms with E-state index < -0.39 is 0 Å². The van der Waals surface area contributed by atoms with E-state index in [1.54, 1.807) is 0 Å². The van der Waals surface area contributed by atoms with Crippen molar-refractivity contribution in [1.29, 1.82) is 0 Å². The number of rotatable bonds is 2. The monoisotopic (exact) mass is 282 g/mol. The lowest BCUT2D eigenvalue weighted by Gasteiger charge is -2.19. The van der Waals surface area contributed by atoms with E-state index in [0.29, 0.717) is 5.57 Å². The van der Waals surface area contributed by atoms with Gasteiger partial charge in [0.2, 0.25) is 5.78 Å². The standard InChI is InChI=1S/C11H7BrO4/c12-4-10(15)11-3-6-7(5-16-11)9(14)2-1-8(6)13/h1-3H,4-5H2. The molecule has 0 spiro atoms. The molecule has 1 heterocycles. The van der Waals surface area contributed by atoms with E-state index in [-0.39, 0.29) is 40.6 Å². The van der Waals surface area contributed by atoms with Gasteiger partial charge in [-0.2, -0.15) is 0 Å². The zero-order valence-electron chi connectivity index (χ0n) is 8.16. The number of allylic oxidation sites excluding steroid dienone is 5. The largest absolute Gasteiger partial charge is 0.485 e. The van der Waals surface area contributed by atoms with Gasteiger partial charge in [0.15, 0.2) is 17.3 Å². The van der Waals surface area contributed by atoms with Gasteiger partial charge >= 0.3 is 0 Å². The van der Waals surface area contributed by atoms with Crippen molar-refractivity contribution in [3.63, 3.8) is 0 Å². The van der Waals surface area contributed by atoms with Crippen LogP contribution in [0.5, 0.6) is 0 Å². The molecule has 82 valence electrons. The van der Waals surface area contributed by atoms with E-state index in [1.165, 1.54) is 18.2 Å². The number of carbonyl (C=O) groups excluding carboxylic acids is 3. The molecule has 1 aliphatic heterocycles. The number of halogens is 1. The van der Waals surface area contributed by atoms with Crippen molar-refractivity contribution in [3.8, 4) is 0 Å². The first-order valence-corrected chi connectivity index (χ1v) is 5.69. The Morgan fingerprint density at radius 3 is 2.69 bits per heavy atom. The Morgan fingerprint density at radius 2 is 2.00 bits per heavy atom. The van der Waals surface area contributed by atoms with E-state index in [1.807, 2.05) is 0 Å². The molecule has 2 aliphatic rings. The number of hydrogen-bond acceptors (Lipinski definition) is 4. The Balaban J connectivity index is 2.41. The Labute approximate surface area is 99.8 Å². The fraction of sp³-hybridized carbons (Fsp3) is 0.182. The molecule has 1 aliphatic carbocycles. The Kier molecular flexibility index (Phi) is 2.87. The van der Waals surface area contributed by atoms with Crippen LogP contribution in [-0.2, 0) is 19.1 Å². The minimum atomic E-state index is -0.266. The van der Waals surface area contributed by atoms with Crippen LogP contribution in [0.2, 0.25) is 0 Å². The predicted octanol–water partition coefficient (Wildman–Crippen LogP) is 0.869. The average molecular weight is 283 g/mol. The third-order valence-electron chi connectivity index (χ3n) is 2.32. The molecule has 0 aromatic heterocycles. The Bertz CT molecular complexity index is 482. The number of hydrogen-bond donors (Lipinski definition) is 0. The molecule has 4 nitrogen and oxygen atoms in total. The molecule has 0 saturated carbocycles. The second kappa shape index (κ2) is 4.17. The molecule has 0 aromatic rings. The zero-order valence-corrected chi connectivity index (χ0v) is 9.74. The molecule has 0 saturated heterocycles. The lowest BCUT2D eigenvalue weighted by Crippen LogP contribution is -2.23. The number of Topliss-reactive ketones (excluding diaryl/α,β-unsaturated/α-hetero) is 1. The SMILES string of the molecule is O=C1C=CC(=O)C2=C1C=C(C(=O)CBr)OC2. The molecule has 0 bridgehead atoms. The molecular weight excluding hydrogens is 276 g/mol. The lowest BCUT2D eigenvalue weighted by molar-refractivity contribution is -0.118. The summed E-state index contributed by atoms with van der Waals surface area (Å²) in [6, 6.07) is 0. The molecule has 2 rings (SSSR count). The fourth-order valence-corrected chi connectivity index (χ4v) is 1.76. The number of alkyl halides is 1. The molecule has 0 aromatic carbocycles. The van der Waals surface area contributed by atoms with Crippen LogP contribution in [0.3, 0.4) is 0 Å². The predicted molar refractivity (Wildman–Crippen MR) is 59.0 cm³/mol. The van der Waals surface area contributed by atoms with Crippen molar-refractivity contribution in [2.75, 3.05) is 11.9 Å². The van der Waals surface area contributed by atoms with Gasteiger partial charge in [0, 0.05) is 11.1 Å². The van der Waals surface area contributed by atoms with Crippen molar-refractivity contribution >= 4 is 33.3 Å². The highest BCUT2D eigenvalue weighted by molar-refractivity contribution is 9.09. The van der Waals surface area contributed by atoms with Crippen LogP contribution in [0, 0.1) is 0 Å². The van der Waals surface area contributed by atoms with Crippen LogP contribution in [0.4, 0.5) is 0 Å². The summed E-state index contributed by atoms with van der Waals surface area (Å²) in [5.41, 5.74) is 0.585. The zero-order chi connectivity index (χ0) is 11.7. The summed E-state index contributed by atoms with van der Waals surface area (Å²) in [7, 11) is 0. The molecule has 16 heavy (non-hydrogen) atoms. The van der Waals surface area contributed by atoms with Gasteiger partial charge in [-0.05, 0) is 18.2 Å². The van der Waals surface area contributed by atoms with Crippen molar-refractivity contribution in [1.82, 2.24) is 0 Å². The molecule has 5 heteroatoms. The van der Waals surface area contributed by atoms with Crippen LogP contribution in [0.1, 0.15) is 0 Å². The Hall–Kier alpha value is -1.49. The van der Waals surface area contributed by atoms with Gasteiger partial charge in [-0.3, -0.25) is 14.4 Å². The summed E-state index contributed by atoms with van der Waals surface area (Å²) in [6.07, 6.45) is 3.76. The second-order valence-electron chi connectivity index (χ2n) is 3.31. The molecule has 0 N–H and O–H groups in total. The van der Waals surface area contributed by atoms with Crippen LogP contribution >= 0.6 is 15.9 Å². The first-order chi connectivity index (χ1) is 7.63. The molecule has 0 unspecified atom stereocenters. The van der Waals surface area contributed by atoms with E-state index in [4.69, 9.17) is 4.74 Å². The molecule has 0 radical (unpaired) electrons. The van der Waals surface area contributed by atoms with Crippen molar-refractivity contribution in [2.24, 2.45) is 0 Å². The summed E-state index contributed by atoms with van der Waals surface area (Å²) in [4.78, 5) is 34.3. The van der Waals surface area contributed by atoms with Crippen LogP contribution in [-0.4, -0.2) is 29.3 Å². The number of carbonyl (C=O) groups is 3. The highest BCUT2D eigenvalue weighted by Crippen LogP contribution is 2.23. The van der Waals surface area contributed by atoms with Gasteiger partial charge in [0.05, 0.1) is 5.33 Å². The minimum Gasteiger partial charge on any atom is -0.485 e. The summed E-state index contributed by atoms with van der Waals surface area (Å²) < 4.78 is 5.14. The van der Waals surface area contributed by atoms with Crippen molar-refractivity contribution < 1.29 is 19.1 Å². The average Bonchev–Trinajstić information content (AvgIpc) is 2.32. The quantitative estimate of drug-likeness (QED) is 0.557. The third kappa shape index (κ3) is 1.78. The van der Waals surface area contributed by atoms with E-state index in [0.717, 1.165) is 0 Å². The van der Waals surface area contributed by atoms with E-state index in [9.17, 15) is 14.4 Å². The maximum atomic E-state index is 11.5. The van der Waals surface area contributed by atoms with Gasteiger partial charge in [-0.1, -0.05) is 15.9 Å². The third-order valence-corrected chi connectivity index (χ3v) is 2.83. The topological polar surface area (TPSA) is 60.4 Å². The van der Waals surface area contributed by atoms with Crippen LogP contribution in [0.15, 0.2) is 35.1 Å². The van der Waals surface area contributed by atoms with Gasteiger partial charge < -0.3 is 4.74 Å². The highest BCUT2D eigenvalue weighted by atomic mass is 79.9. The van der Waals surface area contributed by atoms with Gasteiger partial charge in [0.25, 0.3) is 0 Å². The summed E-state index contributed by atoms with van der Waals surface area (Å²) in [6.45, 7) is -0.0190. The summed E-state index contributed by atoms with van der Waals surface area (Å²) >= 11 is 3.01. The fourth-order valence-electron chi connectivity index (χ4n) is 1.48. The molecular formula is C11H7BrO4. The van der Waals surface area contributed by atoms with E-state index in [2.05, 4.69) is 15.9 Å². The first-order valence-electron chi connectivity index (χ1n) is 4.57. The first kappa shape index (κ1) is 11.0. The number of ether oxygens (including phenoxy) is 1. The maximum Gasteiger partial charge on any atom is 0.207 e. The maximum absolute atomic E-state index is 11.5. The van der Waals surface area contributed by atoms with Crippen LogP contribution in [0.25, 0.3) is 0 Å². The lowest BCUT2D eigenvalue weighted by atomic mass is 9.93. The van der Waals surface area contributed by atoms with Gasteiger partial charge in [-0.25, -0.2) is 0 Å².